The Balaban J connectivity index is 1.66. The van der Waals surface area contributed by atoms with E-state index >= 15 is 0 Å². The Labute approximate surface area is 185 Å². The summed E-state index contributed by atoms with van der Waals surface area (Å²) in [6.45, 7) is 11.6. The van der Waals surface area contributed by atoms with Crippen LogP contribution in [-0.4, -0.2) is 62.6 Å². The van der Waals surface area contributed by atoms with Crippen molar-refractivity contribution in [2.75, 3.05) is 26.2 Å². The molecule has 0 spiro atoms. The van der Waals surface area contributed by atoms with E-state index in [9.17, 15) is 18.0 Å². The van der Waals surface area contributed by atoms with E-state index < -0.39 is 12.1 Å². The molecule has 2 amide bonds. The Hall–Kier alpha value is -2.88. The monoisotopic (exact) mass is 451 g/mol. The summed E-state index contributed by atoms with van der Waals surface area (Å²) in [6.07, 6.45) is -1.15. The fraction of sp³-hybridized carbons (Fsp3) is 0.500. The van der Waals surface area contributed by atoms with Gasteiger partial charge in [-0.1, -0.05) is 18.2 Å². The Kier molecular flexibility index (Phi) is 6.92. The van der Waals surface area contributed by atoms with Crippen molar-refractivity contribution in [3.05, 3.63) is 48.0 Å². The lowest BCUT2D eigenvalue weighted by Crippen LogP contribution is -2.56. The number of rotatable bonds is 4. The highest BCUT2D eigenvalue weighted by atomic mass is 19.4. The number of piperazine rings is 1. The van der Waals surface area contributed by atoms with Crippen molar-refractivity contribution in [3.8, 4) is 11.5 Å². The maximum atomic E-state index is 13.1. The van der Waals surface area contributed by atoms with E-state index in [1.165, 1.54) is 0 Å². The van der Waals surface area contributed by atoms with Crippen LogP contribution in [0, 0.1) is 0 Å². The largest absolute Gasteiger partial charge is 0.470 e. The summed E-state index contributed by atoms with van der Waals surface area (Å²) < 4.78 is 42.7. The van der Waals surface area contributed by atoms with Crippen LogP contribution in [0.5, 0.6) is 0 Å². The van der Waals surface area contributed by atoms with Gasteiger partial charge >= 0.3 is 18.1 Å². The third-order valence-corrected chi connectivity index (χ3v) is 5.29. The van der Waals surface area contributed by atoms with Gasteiger partial charge in [-0.25, -0.2) is 4.79 Å². The molecule has 0 bridgehead atoms. The molecule has 1 aromatic heterocycles. The summed E-state index contributed by atoms with van der Waals surface area (Å²) in [4.78, 5) is 18.9. The smallest absolute Gasteiger partial charge is 0.413 e. The summed E-state index contributed by atoms with van der Waals surface area (Å²) in [5.41, 5.74) is 1.27. The van der Waals surface area contributed by atoms with Gasteiger partial charge < -0.3 is 9.32 Å². The number of amides is 2. The molecule has 1 aliphatic rings. The van der Waals surface area contributed by atoms with Crippen LogP contribution in [0.2, 0.25) is 0 Å². The van der Waals surface area contributed by atoms with Crippen molar-refractivity contribution in [2.24, 2.45) is 0 Å². The van der Waals surface area contributed by atoms with Gasteiger partial charge in [-0.2, -0.15) is 13.2 Å². The van der Waals surface area contributed by atoms with Gasteiger partial charge in [0, 0.05) is 43.5 Å². The number of carbonyl (C=O) groups is 1. The van der Waals surface area contributed by atoms with Crippen LogP contribution >= 0.6 is 0 Å². The lowest BCUT2D eigenvalue weighted by molar-refractivity contribution is -0.156. The molecular formula is C22H28F3N5O2. The van der Waals surface area contributed by atoms with E-state index in [2.05, 4.69) is 35.9 Å². The molecule has 10 heteroatoms. The first-order chi connectivity index (χ1) is 15.0. The van der Waals surface area contributed by atoms with Gasteiger partial charge in [0.15, 0.2) is 0 Å². The number of alkyl halides is 3. The second-order valence-electron chi connectivity index (χ2n) is 8.64. The zero-order chi connectivity index (χ0) is 23.5. The second kappa shape index (κ2) is 9.32. The number of hydrogen-bond acceptors (Lipinski definition) is 5. The summed E-state index contributed by atoms with van der Waals surface area (Å²) in [6, 6.07) is 6.59. The number of urea groups is 1. The zero-order valence-corrected chi connectivity index (χ0v) is 18.7. The second-order valence-corrected chi connectivity index (χ2v) is 8.64. The first-order valence-corrected chi connectivity index (χ1v) is 10.4. The normalized spacial score (nSPS) is 16.0. The third-order valence-electron chi connectivity index (χ3n) is 5.29. The molecule has 0 N–H and O–H groups in total. The standard InChI is InChI=1S/C22H28F3N5O2/c1-5-10-29(20(31)28-11-13-30(14-12-28)21(2,3)4)15-16-6-8-17(9-7-16)18-26-27-19(32-18)22(23,24)25/h5-10H,11-15H2,1-4H3/b10-5+. The number of carbonyl (C=O) groups excluding carboxylic acids is 1. The number of benzene rings is 1. The van der Waals surface area contributed by atoms with E-state index in [0.717, 1.165) is 18.7 Å². The van der Waals surface area contributed by atoms with E-state index in [1.54, 1.807) is 41.4 Å². The van der Waals surface area contributed by atoms with Crippen molar-refractivity contribution in [1.29, 1.82) is 0 Å². The van der Waals surface area contributed by atoms with Crippen molar-refractivity contribution < 1.29 is 22.4 Å². The first-order valence-electron chi connectivity index (χ1n) is 10.4. The molecule has 0 aliphatic carbocycles. The minimum atomic E-state index is -4.68. The molecule has 1 aromatic carbocycles. The van der Waals surface area contributed by atoms with Gasteiger partial charge in [0.2, 0.25) is 5.89 Å². The predicted molar refractivity (Wildman–Crippen MR) is 113 cm³/mol. The van der Waals surface area contributed by atoms with E-state index in [0.29, 0.717) is 25.2 Å². The van der Waals surface area contributed by atoms with Gasteiger partial charge in [-0.15, -0.1) is 10.2 Å². The fourth-order valence-corrected chi connectivity index (χ4v) is 3.52. The van der Waals surface area contributed by atoms with Crippen molar-refractivity contribution in [3.63, 3.8) is 0 Å². The van der Waals surface area contributed by atoms with Crippen LogP contribution in [0.15, 0.2) is 41.0 Å². The first kappa shape index (κ1) is 23.8. The van der Waals surface area contributed by atoms with Crippen molar-refractivity contribution in [1.82, 2.24) is 24.9 Å². The number of hydrogen-bond donors (Lipinski definition) is 0. The molecule has 0 atom stereocenters. The minimum absolute atomic E-state index is 0.0686. The fourth-order valence-electron chi connectivity index (χ4n) is 3.52. The van der Waals surface area contributed by atoms with Gasteiger partial charge in [0.1, 0.15) is 0 Å². The lowest BCUT2D eigenvalue weighted by Gasteiger charge is -2.43. The molecule has 1 saturated heterocycles. The van der Waals surface area contributed by atoms with E-state index in [1.807, 2.05) is 11.8 Å². The SMILES string of the molecule is C/C=C/N(Cc1ccc(-c2nnc(C(F)(F)F)o2)cc1)C(=O)N1CCN(C(C)(C)C)CC1. The minimum Gasteiger partial charge on any atom is -0.413 e. The predicted octanol–water partition coefficient (Wildman–Crippen LogP) is 4.63. The lowest BCUT2D eigenvalue weighted by atomic mass is 10.1. The topological polar surface area (TPSA) is 65.7 Å². The van der Waals surface area contributed by atoms with Gasteiger partial charge in [-0.3, -0.25) is 9.80 Å². The van der Waals surface area contributed by atoms with Crippen LogP contribution in [0.25, 0.3) is 11.5 Å². The van der Waals surface area contributed by atoms with E-state index in [-0.39, 0.29) is 17.5 Å². The van der Waals surface area contributed by atoms with Crippen molar-refractivity contribution >= 4 is 6.03 Å². The highest BCUT2D eigenvalue weighted by molar-refractivity contribution is 5.75. The maximum Gasteiger partial charge on any atom is 0.470 e. The highest BCUT2D eigenvalue weighted by Gasteiger charge is 2.38. The highest BCUT2D eigenvalue weighted by Crippen LogP contribution is 2.30. The van der Waals surface area contributed by atoms with Crippen LogP contribution in [0.1, 0.15) is 39.1 Å². The molecule has 3 rings (SSSR count). The molecule has 2 aromatic rings. The summed E-state index contributed by atoms with van der Waals surface area (Å²) in [5, 5.41) is 6.50. The number of halogens is 3. The molecule has 1 fully saturated rings. The number of nitrogens with zero attached hydrogens (tertiary/aromatic N) is 5. The van der Waals surface area contributed by atoms with E-state index in [4.69, 9.17) is 4.42 Å². The Morgan fingerprint density at radius 3 is 2.22 bits per heavy atom. The van der Waals surface area contributed by atoms with Crippen LogP contribution in [0.4, 0.5) is 18.0 Å². The van der Waals surface area contributed by atoms with Gasteiger partial charge in [0.05, 0.1) is 6.54 Å². The average Bonchev–Trinajstić information content (AvgIpc) is 3.24. The molecule has 2 heterocycles. The molecule has 7 nitrogen and oxygen atoms in total. The molecule has 32 heavy (non-hydrogen) atoms. The van der Waals surface area contributed by atoms with Gasteiger partial charge in [0.25, 0.3) is 0 Å². The maximum absolute atomic E-state index is 13.1. The Morgan fingerprint density at radius 1 is 1.09 bits per heavy atom. The van der Waals surface area contributed by atoms with Crippen molar-refractivity contribution in [2.45, 2.75) is 46.0 Å². The number of allylic oxidation sites excluding steroid dienone is 1. The molecule has 1 aliphatic heterocycles. The number of aromatic nitrogens is 2. The van der Waals surface area contributed by atoms with Crippen LogP contribution in [-0.2, 0) is 12.7 Å². The Bertz CT molecular complexity index is 940. The summed E-state index contributed by atoms with van der Waals surface area (Å²) in [7, 11) is 0. The summed E-state index contributed by atoms with van der Waals surface area (Å²) >= 11 is 0. The van der Waals surface area contributed by atoms with Gasteiger partial charge in [-0.05, 0) is 45.4 Å². The Morgan fingerprint density at radius 2 is 1.72 bits per heavy atom. The third kappa shape index (κ3) is 5.67. The zero-order valence-electron chi connectivity index (χ0n) is 18.7. The average molecular weight is 451 g/mol. The molecule has 0 unspecified atom stereocenters. The summed E-state index contributed by atoms with van der Waals surface area (Å²) in [5.74, 6) is -1.59. The quantitative estimate of drug-likeness (QED) is 0.678. The van der Waals surface area contributed by atoms with Crippen LogP contribution in [0.3, 0.4) is 0 Å². The van der Waals surface area contributed by atoms with Crippen LogP contribution < -0.4 is 0 Å². The molecule has 0 radical (unpaired) electrons. The molecular weight excluding hydrogens is 423 g/mol. The molecule has 174 valence electrons. The molecule has 0 saturated carbocycles.